The van der Waals surface area contributed by atoms with Gasteiger partial charge in [-0.1, -0.05) is 25.7 Å². The van der Waals surface area contributed by atoms with E-state index in [0.29, 0.717) is 0 Å². The Kier molecular flexibility index (Phi) is 4.94. The summed E-state index contributed by atoms with van der Waals surface area (Å²) in [6, 6.07) is 0. The molecule has 3 N–H and O–H groups in total. The average molecular weight is 231 g/mol. The summed E-state index contributed by atoms with van der Waals surface area (Å²) in [4.78, 5) is 21.9. The zero-order valence-electron chi connectivity index (χ0n) is 8.65. The van der Waals surface area contributed by atoms with Crippen molar-refractivity contribution in [1.29, 1.82) is 0 Å². The minimum atomic E-state index is -0.910. The van der Waals surface area contributed by atoms with E-state index in [0.717, 1.165) is 50.3 Å². The maximum absolute atomic E-state index is 11.2. The molecule has 0 bridgehead atoms. The topological polar surface area (TPSA) is 80.4 Å². The number of thioether (sulfide) groups is 1. The van der Waals surface area contributed by atoms with Crippen LogP contribution in [-0.2, 0) is 4.79 Å². The second-order valence-corrected chi connectivity index (χ2v) is 5.11. The van der Waals surface area contributed by atoms with Gasteiger partial charge in [-0.15, -0.1) is 0 Å². The first kappa shape index (κ1) is 12.4. The van der Waals surface area contributed by atoms with Gasteiger partial charge in [0.2, 0.25) is 5.91 Å². The van der Waals surface area contributed by atoms with Crippen LogP contribution in [0, 0.1) is 5.92 Å². The lowest BCUT2D eigenvalue weighted by Crippen LogP contribution is -2.33. The summed E-state index contributed by atoms with van der Waals surface area (Å²) in [6.45, 7) is 0. The third-order valence-corrected chi connectivity index (χ3v) is 3.89. The Morgan fingerprint density at radius 1 is 1.13 bits per heavy atom. The largest absolute Gasteiger partial charge is 0.473 e. The van der Waals surface area contributed by atoms with Crippen LogP contribution in [0.4, 0.5) is 4.79 Å². The molecule has 0 aromatic rings. The lowest BCUT2D eigenvalue weighted by molar-refractivity contribution is -0.122. The van der Waals surface area contributed by atoms with Gasteiger partial charge in [0.15, 0.2) is 0 Å². The zero-order chi connectivity index (χ0) is 11.3. The van der Waals surface area contributed by atoms with Crippen molar-refractivity contribution in [1.82, 2.24) is 0 Å². The maximum atomic E-state index is 11.2. The van der Waals surface area contributed by atoms with Crippen molar-refractivity contribution in [3.8, 4) is 0 Å². The highest BCUT2D eigenvalue weighted by atomic mass is 32.2. The fourth-order valence-corrected chi connectivity index (χ4v) is 3.02. The van der Waals surface area contributed by atoms with Crippen LogP contribution in [0.25, 0.3) is 0 Å². The second-order valence-electron chi connectivity index (χ2n) is 3.92. The Hall–Kier alpha value is -0.710. The third kappa shape index (κ3) is 4.11. The molecule has 0 heterocycles. The highest BCUT2D eigenvalue weighted by Crippen LogP contribution is 2.31. The predicted octanol–water partition coefficient (Wildman–Crippen LogP) is 2.22. The van der Waals surface area contributed by atoms with E-state index in [4.69, 9.17) is 10.8 Å². The molecule has 86 valence electrons. The van der Waals surface area contributed by atoms with Crippen molar-refractivity contribution in [3.63, 3.8) is 0 Å². The van der Waals surface area contributed by atoms with Gasteiger partial charge in [-0.2, -0.15) is 0 Å². The molecule has 1 amide bonds. The minimum Gasteiger partial charge on any atom is -0.473 e. The van der Waals surface area contributed by atoms with E-state index < -0.39 is 5.30 Å². The number of carboxylic acid groups (broad SMARTS) is 1. The van der Waals surface area contributed by atoms with Crippen molar-refractivity contribution in [2.75, 3.05) is 0 Å². The van der Waals surface area contributed by atoms with Crippen LogP contribution in [0.3, 0.4) is 0 Å². The van der Waals surface area contributed by atoms with E-state index >= 15 is 0 Å². The highest BCUT2D eigenvalue weighted by Gasteiger charge is 2.29. The summed E-state index contributed by atoms with van der Waals surface area (Å²) in [5.41, 5.74) is 5.31. The normalized spacial score (nSPS) is 27.7. The number of amides is 1. The molecule has 15 heavy (non-hydrogen) atoms. The van der Waals surface area contributed by atoms with Crippen molar-refractivity contribution < 1.29 is 14.7 Å². The first-order valence-electron chi connectivity index (χ1n) is 5.30. The predicted molar refractivity (Wildman–Crippen MR) is 59.8 cm³/mol. The molecule has 4 nitrogen and oxygen atoms in total. The quantitative estimate of drug-likeness (QED) is 0.763. The fraction of sp³-hybridized carbons (Fsp3) is 0.800. The van der Waals surface area contributed by atoms with Crippen molar-refractivity contribution in [3.05, 3.63) is 0 Å². The summed E-state index contributed by atoms with van der Waals surface area (Å²) in [7, 11) is 0. The second kappa shape index (κ2) is 6.00. The molecular weight excluding hydrogens is 214 g/mol. The maximum Gasteiger partial charge on any atom is 0.365 e. The smallest absolute Gasteiger partial charge is 0.365 e. The number of primary amides is 1. The Morgan fingerprint density at radius 3 is 2.27 bits per heavy atom. The molecule has 0 aromatic carbocycles. The van der Waals surface area contributed by atoms with Gasteiger partial charge in [-0.25, -0.2) is 4.79 Å². The number of rotatable bonds is 2. The molecule has 0 aromatic heterocycles. The number of carbonyl (C=O) groups excluding carboxylic acids is 1. The van der Waals surface area contributed by atoms with Gasteiger partial charge in [0.1, 0.15) is 0 Å². The van der Waals surface area contributed by atoms with E-state index in [1.807, 2.05) is 0 Å². The Bertz CT molecular complexity index is 245. The van der Waals surface area contributed by atoms with Gasteiger partial charge in [-0.05, 0) is 24.6 Å². The van der Waals surface area contributed by atoms with Gasteiger partial charge in [-0.3, -0.25) is 4.79 Å². The Labute approximate surface area is 93.6 Å². The molecule has 0 saturated heterocycles. The fourth-order valence-electron chi connectivity index (χ4n) is 2.05. The molecule has 0 spiro atoms. The van der Waals surface area contributed by atoms with E-state index in [2.05, 4.69) is 0 Å². The lowest BCUT2D eigenvalue weighted by atomic mass is 9.90. The third-order valence-electron chi connectivity index (χ3n) is 2.82. The molecule has 0 aliphatic heterocycles. The number of nitrogens with two attached hydrogens (primary N) is 1. The van der Waals surface area contributed by atoms with Crippen LogP contribution >= 0.6 is 11.8 Å². The van der Waals surface area contributed by atoms with Gasteiger partial charge >= 0.3 is 5.30 Å². The van der Waals surface area contributed by atoms with Crippen LogP contribution in [-0.4, -0.2) is 21.6 Å². The molecule has 0 radical (unpaired) electrons. The lowest BCUT2D eigenvalue weighted by Gasteiger charge is -2.24. The minimum absolute atomic E-state index is 0.139. The molecule has 1 saturated carbocycles. The summed E-state index contributed by atoms with van der Waals surface area (Å²) in [5, 5.41) is 7.69. The number of hydrogen-bond acceptors (Lipinski definition) is 3. The van der Waals surface area contributed by atoms with Crippen LogP contribution in [0.15, 0.2) is 0 Å². The monoisotopic (exact) mass is 231 g/mol. The summed E-state index contributed by atoms with van der Waals surface area (Å²) >= 11 is 0.850. The van der Waals surface area contributed by atoms with Gasteiger partial charge in [0, 0.05) is 5.25 Å². The molecule has 1 aliphatic carbocycles. The number of hydrogen-bond donors (Lipinski definition) is 2. The molecule has 5 heteroatoms. The molecule has 2 unspecified atom stereocenters. The Morgan fingerprint density at radius 2 is 1.73 bits per heavy atom. The van der Waals surface area contributed by atoms with E-state index in [1.54, 1.807) is 0 Å². The standard InChI is InChI=1S/C10H17NO3S/c11-9(12)7-5-3-1-2-4-6-8(7)15-10(13)14/h7-8H,1-6H2,(H2,11,12)(H,13,14). The summed E-state index contributed by atoms with van der Waals surface area (Å²) in [6.07, 6.45) is 5.74. The molecule has 2 atom stereocenters. The first-order valence-corrected chi connectivity index (χ1v) is 6.18. The van der Waals surface area contributed by atoms with Crippen LogP contribution in [0.2, 0.25) is 0 Å². The first-order chi connectivity index (χ1) is 7.11. The van der Waals surface area contributed by atoms with Crippen LogP contribution < -0.4 is 5.73 Å². The zero-order valence-corrected chi connectivity index (χ0v) is 9.46. The molecule has 1 aliphatic rings. The van der Waals surface area contributed by atoms with E-state index in [-0.39, 0.29) is 17.1 Å². The summed E-state index contributed by atoms with van der Waals surface area (Å²) in [5.74, 6) is -0.623. The summed E-state index contributed by atoms with van der Waals surface area (Å²) < 4.78 is 0. The van der Waals surface area contributed by atoms with Gasteiger partial charge in [0.25, 0.3) is 0 Å². The van der Waals surface area contributed by atoms with Crippen molar-refractivity contribution in [2.24, 2.45) is 11.7 Å². The molecular formula is C10H17NO3S. The molecule has 1 fully saturated rings. The van der Waals surface area contributed by atoms with Crippen molar-refractivity contribution in [2.45, 2.75) is 43.8 Å². The van der Waals surface area contributed by atoms with Crippen molar-refractivity contribution >= 4 is 23.0 Å². The number of carbonyl (C=O) groups is 2. The van der Waals surface area contributed by atoms with Crippen LogP contribution in [0.1, 0.15) is 38.5 Å². The Balaban J connectivity index is 2.64. The average Bonchev–Trinajstić information content (AvgIpc) is 2.08. The van der Waals surface area contributed by atoms with E-state index in [9.17, 15) is 9.59 Å². The van der Waals surface area contributed by atoms with Crippen LogP contribution in [0.5, 0.6) is 0 Å². The SMILES string of the molecule is NC(=O)C1CCCCCCC1SC(=O)O. The van der Waals surface area contributed by atoms with Gasteiger partial charge in [0.05, 0.1) is 5.92 Å². The van der Waals surface area contributed by atoms with Gasteiger partial charge < -0.3 is 10.8 Å². The molecule has 1 rings (SSSR count). The highest BCUT2D eigenvalue weighted by molar-refractivity contribution is 8.13. The van der Waals surface area contributed by atoms with E-state index in [1.165, 1.54) is 0 Å².